The number of carbonyl (C=O) groups excluding carboxylic acids is 2. The zero-order valence-corrected chi connectivity index (χ0v) is 13.1. The molecule has 1 saturated heterocycles. The Balaban J connectivity index is 3.16. The minimum Gasteiger partial charge on any atom is -0.396 e. The summed E-state index contributed by atoms with van der Waals surface area (Å²) in [6, 6.07) is 0. The predicted molar refractivity (Wildman–Crippen MR) is 76.1 cm³/mol. The molecule has 25 heavy (non-hydrogen) atoms. The molecule has 2 unspecified atom stereocenters. The molecule has 0 spiro atoms. The molecule has 0 aromatic rings. The van der Waals surface area contributed by atoms with Crippen molar-refractivity contribution in [2.45, 2.75) is 30.3 Å². The van der Waals surface area contributed by atoms with E-state index in [-0.39, 0.29) is 6.42 Å². The summed E-state index contributed by atoms with van der Waals surface area (Å²) in [5.41, 5.74) is -4.00. The summed E-state index contributed by atoms with van der Waals surface area (Å²) in [5, 5.41) is 57.5. The average Bonchev–Trinajstić information content (AvgIpc) is 2.81. The van der Waals surface area contributed by atoms with Gasteiger partial charge < -0.3 is 40.1 Å². The maximum absolute atomic E-state index is 10.8. The van der Waals surface area contributed by atoms with E-state index in [1.54, 1.807) is 0 Å². The van der Waals surface area contributed by atoms with Gasteiger partial charge >= 0.3 is 5.91 Å². The molecule has 6 N–H and O–H groups in total. The number of isocyanates is 2. The lowest BCUT2D eigenvalue weighted by atomic mass is 9.87. The second-order valence-electron chi connectivity index (χ2n) is 5.57. The molecule has 1 heterocycles. The zero-order valence-electron chi connectivity index (χ0n) is 13.1. The SMILES string of the molecule is O=C=NC1(O)O[C@H](CO)[C@H](O)C1(N=C=O)OCCC(CO)(CO)CO. The molecule has 0 aromatic heterocycles. The highest BCUT2D eigenvalue weighted by Gasteiger charge is 2.69. The minimum atomic E-state index is -2.97. The Labute approximate surface area is 141 Å². The monoisotopic (exact) mass is 364 g/mol. The van der Waals surface area contributed by atoms with Crippen LogP contribution in [0.15, 0.2) is 9.98 Å². The van der Waals surface area contributed by atoms with Crippen LogP contribution in [0.3, 0.4) is 0 Å². The van der Waals surface area contributed by atoms with Gasteiger partial charge in [0.05, 0.1) is 33.0 Å². The molecule has 4 atom stereocenters. The maximum atomic E-state index is 10.8. The van der Waals surface area contributed by atoms with Crippen LogP contribution in [0.4, 0.5) is 0 Å². The summed E-state index contributed by atoms with van der Waals surface area (Å²) in [5.74, 6) is -2.97. The van der Waals surface area contributed by atoms with Crippen LogP contribution in [0.1, 0.15) is 6.42 Å². The largest absolute Gasteiger partial charge is 0.396 e. The van der Waals surface area contributed by atoms with Gasteiger partial charge in [0.25, 0.3) is 5.72 Å². The van der Waals surface area contributed by atoms with Gasteiger partial charge in [0.2, 0.25) is 12.2 Å². The number of aliphatic hydroxyl groups is 6. The fraction of sp³-hybridized carbons (Fsp3) is 0.846. The van der Waals surface area contributed by atoms with E-state index < -0.39 is 62.3 Å². The van der Waals surface area contributed by atoms with Crippen molar-refractivity contribution in [2.24, 2.45) is 15.4 Å². The fourth-order valence-electron chi connectivity index (χ4n) is 2.34. The number of nitrogens with zero attached hydrogens (tertiary/aromatic N) is 2. The molecule has 12 nitrogen and oxygen atoms in total. The van der Waals surface area contributed by atoms with Crippen molar-refractivity contribution in [3.05, 3.63) is 0 Å². The van der Waals surface area contributed by atoms with Crippen LogP contribution in [0.25, 0.3) is 0 Å². The van der Waals surface area contributed by atoms with Crippen molar-refractivity contribution in [3.63, 3.8) is 0 Å². The van der Waals surface area contributed by atoms with E-state index in [9.17, 15) is 40.2 Å². The number of aliphatic hydroxyl groups excluding tert-OH is 5. The summed E-state index contributed by atoms with van der Waals surface area (Å²) in [7, 11) is 0. The van der Waals surface area contributed by atoms with Crippen LogP contribution >= 0.6 is 0 Å². The third kappa shape index (κ3) is 3.84. The van der Waals surface area contributed by atoms with Gasteiger partial charge in [-0.25, -0.2) is 9.59 Å². The Morgan fingerprint density at radius 2 is 1.64 bits per heavy atom. The van der Waals surface area contributed by atoms with Crippen LogP contribution in [0.2, 0.25) is 0 Å². The molecule has 0 aromatic carbocycles. The maximum Gasteiger partial charge on any atom is 0.333 e. The van der Waals surface area contributed by atoms with Gasteiger partial charge in [-0.1, -0.05) is 0 Å². The van der Waals surface area contributed by atoms with E-state index in [2.05, 4.69) is 9.98 Å². The van der Waals surface area contributed by atoms with E-state index in [0.717, 1.165) is 12.2 Å². The second-order valence-corrected chi connectivity index (χ2v) is 5.57. The lowest BCUT2D eigenvalue weighted by Gasteiger charge is -2.34. The lowest BCUT2D eigenvalue weighted by molar-refractivity contribution is -0.276. The van der Waals surface area contributed by atoms with Crippen LogP contribution in [0, 0.1) is 5.41 Å². The third-order valence-corrected chi connectivity index (χ3v) is 4.09. The van der Waals surface area contributed by atoms with Gasteiger partial charge in [0.1, 0.15) is 12.2 Å². The summed E-state index contributed by atoms with van der Waals surface area (Å²) >= 11 is 0. The molecule has 1 aliphatic heterocycles. The number of hydrogen-bond donors (Lipinski definition) is 6. The Morgan fingerprint density at radius 1 is 1.08 bits per heavy atom. The van der Waals surface area contributed by atoms with Crippen molar-refractivity contribution >= 4 is 12.2 Å². The smallest absolute Gasteiger partial charge is 0.333 e. The van der Waals surface area contributed by atoms with E-state index in [0.29, 0.717) is 0 Å². The number of rotatable bonds is 10. The summed E-state index contributed by atoms with van der Waals surface area (Å²) in [4.78, 5) is 27.5. The van der Waals surface area contributed by atoms with Gasteiger partial charge in [0, 0.05) is 5.41 Å². The highest BCUT2D eigenvalue weighted by atomic mass is 16.7. The van der Waals surface area contributed by atoms with E-state index in [4.69, 9.17) is 9.47 Å². The Morgan fingerprint density at radius 3 is 2.08 bits per heavy atom. The van der Waals surface area contributed by atoms with E-state index in [1.807, 2.05) is 0 Å². The normalized spacial score (nSPS) is 32.1. The molecule has 0 amide bonds. The summed E-state index contributed by atoms with van der Waals surface area (Å²) in [6.45, 7) is -3.12. The molecule has 0 bridgehead atoms. The Hall–Kier alpha value is -1.56. The van der Waals surface area contributed by atoms with Crippen molar-refractivity contribution < 1.29 is 49.7 Å². The standard InChI is InChI=1S/C13H20N2O10/c16-3-9-10(22)12(14-7-20,13(23,25-9)15-8-21)24-2-1-11(4-17,5-18)6-19/h9-10,16-19,22-23H,1-6H2/t9-,10+,12?,13?/m1/s1. The summed E-state index contributed by atoms with van der Waals surface area (Å²) in [6.07, 6.45) is -1.57. The van der Waals surface area contributed by atoms with Crippen LogP contribution in [-0.4, -0.2) is 99.7 Å². The first-order valence-electron chi connectivity index (χ1n) is 7.18. The molecule has 142 valence electrons. The average molecular weight is 364 g/mol. The van der Waals surface area contributed by atoms with E-state index >= 15 is 0 Å². The van der Waals surface area contributed by atoms with E-state index in [1.165, 1.54) is 0 Å². The highest BCUT2D eigenvalue weighted by molar-refractivity contribution is 5.38. The van der Waals surface area contributed by atoms with Crippen molar-refractivity contribution in [1.29, 1.82) is 0 Å². The van der Waals surface area contributed by atoms with Crippen LogP contribution in [-0.2, 0) is 19.1 Å². The van der Waals surface area contributed by atoms with Gasteiger partial charge in [0.15, 0.2) is 0 Å². The topological polar surface area (TPSA) is 199 Å². The number of hydrogen-bond acceptors (Lipinski definition) is 12. The molecule has 1 aliphatic rings. The van der Waals surface area contributed by atoms with Crippen molar-refractivity contribution in [2.75, 3.05) is 33.0 Å². The van der Waals surface area contributed by atoms with Gasteiger partial charge in [-0.2, -0.15) is 4.99 Å². The van der Waals surface area contributed by atoms with Crippen LogP contribution < -0.4 is 0 Å². The highest BCUT2D eigenvalue weighted by Crippen LogP contribution is 2.43. The lowest BCUT2D eigenvalue weighted by Crippen LogP contribution is -2.56. The number of aliphatic imine (C=N–C) groups is 2. The molecule has 0 aliphatic carbocycles. The first kappa shape index (κ1) is 21.5. The van der Waals surface area contributed by atoms with Crippen LogP contribution in [0.5, 0.6) is 0 Å². The van der Waals surface area contributed by atoms with Crippen molar-refractivity contribution in [1.82, 2.24) is 0 Å². The second kappa shape index (κ2) is 8.70. The molecular weight excluding hydrogens is 344 g/mol. The quantitative estimate of drug-likeness (QED) is 0.165. The minimum absolute atomic E-state index is 0.190. The summed E-state index contributed by atoms with van der Waals surface area (Å²) < 4.78 is 10.1. The molecular formula is C13H20N2O10. The Kier molecular flexibility index (Phi) is 7.47. The molecule has 12 heteroatoms. The Bertz CT molecular complexity index is 535. The molecule has 1 fully saturated rings. The first-order chi connectivity index (χ1) is 11.8. The van der Waals surface area contributed by atoms with Gasteiger partial charge in [-0.3, -0.25) is 0 Å². The zero-order chi connectivity index (χ0) is 19.1. The van der Waals surface area contributed by atoms with Crippen molar-refractivity contribution in [3.8, 4) is 0 Å². The third-order valence-electron chi connectivity index (χ3n) is 4.09. The molecule has 0 radical (unpaired) electrons. The molecule has 1 rings (SSSR count). The first-order valence-corrected chi connectivity index (χ1v) is 7.18. The number of ether oxygens (including phenoxy) is 2. The van der Waals surface area contributed by atoms with Gasteiger partial charge in [-0.05, 0) is 6.42 Å². The molecule has 0 saturated carbocycles. The fourth-order valence-corrected chi connectivity index (χ4v) is 2.34. The predicted octanol–water partition coefficient (Wildman–Crippen LogP) is -3.88. The van der Waals surface area contributed by atoms with Gasteiger partial charge in [-0.15, -0.1) is 4.99 Å².